The molecule has 26 heavy (non-hydrogen) atoms. The van der Waals surface area contributed by atoms with Crippen LogP contribution in [0.1, 0.15) is 11.7 Å². The number of para-hydroxylation sites is 1. The Balaban J connectivity index is 1.42. The van der Waals surface area contributed by atoms with Gasteiger partial charge in [-0.25, -0.2) is 9.97 Å². The van der Waals surface area contributed by atoms with E-state index in [9.17, 15) is 0 Å². The van der Waals surface area contributed by atoms with Crippen molar-refractivity contribution in [2.24, 2.45) is 0 Å². The Labute approximate surface area is 154 Å². The van der Waals surface area contributed by atoms with E-state index in [-0.39, 0.29) is 6.10 Å². The molecule has 5 nitrogen and oxygen atoms in total. The lowest BCUT2D eigenvalue weighted by Gasteiger charge is -2.37. The Morgan fingerprint density at radius 2 is 1.65 bits per heavy atom. The van der Waals surface area contributed by atoms with Crippen LogP contribution in [0.2, 0.25) is 0 Å². The maximum absolute atomic E-state index is 5.73. The maximum Gasteiger partial charge on any atom is 0.139 e. The van der Waals surface area contributed by atoms with Gasteiger partial charge < -0.3 is 9.64 Å². The molecule has 3 aromatic rings. The Morgan fingerprint density at radius 3 is 2.42 bits per heavy atom. The van der Waals surface area contributed by atoms with Crippen molar-refractivity contribution < 1.29 is 4.74 Å². The zero-order chi connectivity index (χ0) is 17.8. The second-order valence-corrected chi connectivity index (χ2v) is 6.64. The highest BCUT2D eigenvalue weighted by molar-refractivity contribution is 5.89. The molecule has 4 rings (SSSR count). The average Bonchev–Trinajstić information content (AvgIpc) is 2.73. The molecule has 1 fully saturated rings. The standard InChI is InChI=1S/C21H24N4O/c1-26-20(17-7-3-2-4-8-17)15-24-11-13-25(14-12-24)21-18-9-5-6-10-19(18)22-16-23-21/h2-10,16,20H,11-15H2,1H3. The first-order valence-corrected chi connectivity index (χ1v) is 9.10. The number of aromatic nitrogens is 2. The van der Waals surface area contributed by atoms with Gasteiger partial charge in [0.2, 0.25) is 0 Å². The molecule has 0 amide bonds. The Morgan fingerprint density at radius 1 is 0.923 bits per heavy atom. The van der Waals surface area contributed by atoms with Gasteiger partial charge in [-0.1, -0.05) is 42.5 Å². The molecule has 1 saturated heterocycles. The lowest BCUT2D eigenvalue weighted by Crippen LogP contribution is -2.48. The first kappa shape index (κ1) is 16.9. The van der Waals surface area contributed by atoms with Crippen LogP contribution in [0.15, 0.2) is 60.9 Å². The van der Waals surface area contributed by atoms with Gasteiger partial charge in [0.25, 0.3) is 0 Å². The molecular weight excluding hydrogens is 324 g/mol. The number of anilines is 1. The minimum Gasteiger partial charge on any atom is -0.375 e. The third-order valence-electron chi connectivity index (χ3n) is 5.07. The number of rotatable bonds is 5. The monoisotopic (exact) mass is 348 g/mol. The molecule has 1 aliphatic rings. The summed E-state index contributed by atoms with van der Waals surface area (Å²) in [6.45, 7) is 4.85. The minimum atomic E-state index is 0.114. The Bertz CT molecular complexity index is 842. The van der Waals surface area contributed by atoms with E-state index in [1.807, 2.05) is 18.2 Å². The summed E-state index contributed by atoms with van der Waals surface area (Å²) in [5.41, 5.74) is 2.24. The van der Waals surface area contributed by atoms with Crippen LogP contribution in [-0.4, -0.2) is 54.7 Å². The highest BCUT2D eigenvalue weighted by atomic mass is 16.5. The molecule has 1 unspecified atom stereocenters. The summed E-state index contributed by atoms with van der Waals surface area (Å²) in [7, 11) is 1.79. The van der Waals surface area contributed by atoms with E-state index >= 15 is 0 Å². The summed E-state index contributed by atoms with van der Waals surface area (Å²) in [4.78, 5) is 13.8. The highest BCUT2D eigenvalue weighted by Gasteiger charge is 2.22. The molecule has 0 aliphatic carbocycles. The molecule has 2 heterocycles. The Hall–Kier alpha value is -2.50. The average molecular weight is 348 g/mol. The molecule has 0 spiro atoms. The second kappa shape index (κ2) is 7.81. The number of benzene rings is 2. The molecule has 5 heteroatoms. The summed E-state index contributed by atoms with van der Waals surface area (Å²) in [6, 6.07) is 18.7. The summed E-state index contributed by atoms with van der Waals surface area (Å²) >= 11 is 0. The fourth-order valence-electron chi connectivity index (χ4n) is 3.60. The largest absolute Gasteiger partial charge is 0.375 e. The van der Waals surface area contributed by atoms with E-state index in [1.165, 1.54) is 5.56 Å². The van der Waals surface area contributed by atoms with Crippen LogP contribution >= 0.6 is 0 Å². The van der Waals surface area contributed by atoms with Gasteiger partial charge in [-0.2, -0.15) is 0 Å². The molecule has 0 saturated carbocycles. The lowest BCUT2D eigenvalue weighted by atomic mass is 10.1. The van der Waals surface area contributed by atoms with Crippen LogP contribution in [0.3, 0.4) is 0 Å². The summed E-state index contributed by atoms with van der Waals surface area (Å²) in [5.74, 6) is 1.04. The van der Waals surface area contributed by atoms with Crippen LogP contribution < -0.4 is 4.90 Å². The molecule has 0 radical (unpaired) electrons. The molecule has 0 bridgehead atoms. The number of fused-ring (bicyclic) bond motifs is 1. The SMILES string of the molecule is COC(CN1CCN(c2ncnc3ccccc23)CC1)c1ccccc1. The van der Waals surface area contributed by atoms with Crippen LogP contribution in [0.25, 0.3) is 10.9 Å². The van der Waals surface area contributed by atoms with Crippen molar-refractivity contribution in [2.75, 3.05) is 44.7 Å². The number of hydrogen-bond acceptors (Lipinski definition) is 5. The third-order valence-corrected chi connectivity index (χ3v) is 5.07. The Kier molecular flexibility index (Phi) is 5.09. The van der Waals surface area contributed by atoms with Crippen molar-refractivity contribution in [1.82, 2.24) is 14.9 Å². The summed E-state index contributed by atoms with van der Waals surface area (Å²) < 4.78 is 5.73. The summed E-state index contributed by atoms with van der Waals surface area (Å²) in [6.07, 6.45) is 1.78. The van der Waals surface area contributed by atoms with E-state index in [0.29, 0.717) is 0 Å². The van der Waals surface area contributed by atoms with Gasteiger partial charge in [-0.15, -0.1) is 0 Å². The predicted molar refractivity (Wildman–Crippen MR) is 104 cm³/mol. The van der Waals surface area contributed by atoms with Crippen LogP contribution in [-0.2, 0) is 4.74 Å². The van der Waals surface area contributed by atoms with Crippen molar-refractivity contribution in [3.8, 4) is 0 Å². The number of ether oxygens (including phenoxy) is 1. The number of nitrogens with zero attached hydrogens (tertiary/aromatic N) is 4. The van der Waals surface area contributed by atoms with E-state index in [0.717, 1.165) is 49.4 Å². The van der Waals surface area contributed by atoms with Gasteiger partial charge in [0.1, 0.15) is 12.1 Å². The molecule has 1 aliphatic heterocycles. The maximum atomic E-state index is 5.73. The quantitative estimate of drug-likeness (QED) is 0.708. The normalized spacial score (nSPS) is 16.7. The fourth-order valence-corrected chi connectivity index (χ4v) is 3.60. The second-order valence-electron chi connectivity index (χ2n) is 6.64. The van der Waals surface area contributed by atoms with E-state index in [2.05, 4.69) is 56.2 Å². The van der Waals surface area contributed by atoms with Crippen molar-refractivity contribution in [2.45, 2.75) is 6.10 Å². The zero-order valence-corrected chi connectivity index (χ0v) is 15.1. The smallest absolute Gasteiger partial charge is 0.139 e. The summed E-state index contributed by atoms with van der Waals surface area (Å²) in [5, 5.41) is 1.13. The number of hydrogen-bond donors (Lipinski definition) is 0. The first-order chi connectivity index (χ1) is 12.8. The van der Waals surface area contributed by atoms with Gasteiger partial charge in [0.05, 0.1) is 11.6 Å². The lowest BCUT2D eigenvalue weighted by molar-refractivity contribution is 0.0615. The molecule has 134 valence electrons. The predicted octanol–water partition coefficient (Wildman–Crippen LogP) is 3.14. The van der Waals surface area contributed by atoms with Gasteiger partial charge in [-0.3, -0.25) is 4.90 Å². The van der Waals surface area contributed by atoms with E-state index in [1.54, 1.807) is 13.4 Å². The van der Waals surface area contributed by atoms with Crippen LogP contribution in [0.4, 0.5) is 5.82 Å². The first-order valence-electron chi connectivity index (χ1n) is 9.10. The van der Waals surface area contributed by atoms with Gasteiger partial charge in [0, 0.05) is 45.2 Å². The molecule has 1 aromatic heterocycles. The van der Waals surface area contributed by atoms with Gasteiger partial charge in [0.15, 0.2) is 0 Å². The molecule has 1 atom stereocenters. The van der Waals surface area contributed by atoms with Gasteiger partial charge in [-0.05, 0) is 17.7 Å². The van der Waals surface area contributed by atoms with Crippen LogP contribution in [0.5, 0.6) is 0 Å². The van der Waals surface area contributed by atoms with Crippen molar-refractivity contribution in [1.29, 1.82) is 0 Å². The van der Waals surface area contributed by atoms with Crippen molar-refractivity contribution >= 4 is 16.7 Å². The minimum absolute atomic E-state index is 0.114. The van der Waals surface area contributed by atoms with Crippen LogP contribution in [0, 0.1) is 0 Å². The fraction of sp³-hybridized carbons (Fsp3) is 0.333. The molecular formula is C21H24N4O. The number of piperazine rings is 1. The van der Waals surface area contributed by atoms with Gasteiger partial charge >= 0.3 is 0 Å². The van der Waals surface area contributed by atoms with E-state index < -0.39 is 0 Å². The topological polar surface area (TPSA) is 41.5 Å². The van der Waals surface area contributed by atoms with E-state index in [4.69, 9.17) is 4.74 Å². The van der Waals surface area contributed by atoms with Crippen molar-refractivity contribution in [3.63, 3.8) is 0 Å². The van der Waals surface area contributed by atoms with Crippen molar-refractivity contribution in [3.05, 3.63) is 66.5 Å². The molecule has 2 aromatic carbocycles. The highest BCUT2D eigenvalue weighted by Crippen LogP contribution is 2.24. The number of methoxy groups -OCH3 is 1. The molecule has 0 N–H and O–H groups in total. The zero-order valence-electron chi connectivity index (χ0n) is 15.1. The third kappa shape index (κ3) is 3.54.